The van der Waals surface area contributed by atoms with Crippen LogP contribution in [0, 0.1) is 6.92 Å². The first kappa shape index (κ1) is 11.2. The first-order valence-corrected chi connectivity index (χ1v) is 4.40. The minimum Gasteiger partial charge on any atom is -0.462 e. The number of ether oxygens (including phenoxy) is 1. The molecule has 0 radical (unpaired) electrons. The van der Waals surface area contributed by atoms with Crippen molar-refractivity contribution in [2.75, 3.05) is 7.11 Å². The predicted molar refractivity (Wildman–Crippen MR) is 52.8 cm³/mol. The molecule has 0 aliphatic heterocycles. The number of hydrogen-bond acceptors (Lipinski definition) is 4. The van der Waals surface area contributed by atoms with Crippen molar-refractivity contribution >= 4 is 11.9 Å². The number of aromatic nitrogens is 1. The summed E-state index contributed by atoms with van der Waals surface area (Å²) in [4.78, 5) is 25.7. The van der Waals surface area contributed by atoms with Gasteiger partial charge in [-0.3, -0.25) is 9.78 Å². The molecule has 0 unspecified atom stereocenters. The lowest BCUT2D eigenvalue weighted by atomic mass is 10.1. The van der Waals surface area contributed by atoms with Gasteiger partial charge in [0.1, 0.15) is 0 Å². The van der Waals surface area contributed by atoms with Crippen molar-refractivity contribution in [3.8, 4) is 0 Å². The molecule has 5 heteroatoms. The zero-order valence-electron chi connectivity index (χ0n) is 8.61. The van der Waals surface area contributed by atoms with Crippen LogP contribution in [0.2, 0.25) is 0 Å². The van der Waals surface area contributed by atoms with Gasteiger partial charge < -0.3 is 10.1 Å². The van der Waals surface area contributed by atoms with Gasteiger partial charge in [0.25, 0.3) is 0 Å². The largest absolute Gasteiger partial charge is 0.462 e. The van der Waals surface area contributed by atoms with Gasteiger partial charge >= 0.3 is 11.9 Å². The molecule has 0 fully saturated rings. The number of aryl methyl sites for hydroxylation is 1. The Morgan fingerprint density at radius 3 is 2.87 bits per heavy atom. The zero-order valence-corrected chi connectivity index (χ0v) is 8.61. The maximum atomic E-state index is 11.1. The summed E-state index contributed by atoms with van der Waals surface area (Å²) in [5.41, 5.74) is 1.88. The lowest BCUT2D eigenvalue weighted by molar-refractivity contribution is -0.152. The van der Waals surface area contributed by atoms with Crippen LogP contribution in [0.5, 0.6) is 0 Å². The van der Waals surface area contributed by atoms with Crippen molar-refractivity contribution in [2.24, 2.45) is 0 Å². The van der Waals surface area contributed by atoms with E-state index in [0.717, 1.165) is 11.1 Å². The van der Waals surface area contributed by atoms with Gasteiger partial charge in [0.05, 0.1) is 7.11 Å². The van der Waals surface area contributed by atoms with E-state index in [1.54, 1.807) is 18.5 Å². The molecule has 0 aromatic carbocycles. The molecule has 1 aromatic rings. The Hall–Kier alpha value is -1.91. The molecular weight excluding hydrogens is 196 g/mol. The summed E-state index contributed by atoms with van der Waals surface area (Å²) < 4.78 is 4.27. The lowest BCUT2D eigenvalue weighted by Gasteiger charge is -2.05. The molecule has 0 aliphatic carbocycles. The van der Waals surface area contributed by atoms with Crippen LogP contribution in [0.1, 0.15) is 11.1 Å². The maximum Gasteiger partial charge on any atom is 0.396 e. The van der Waals surface area contributed by atoms with E-state index in [-0.39, 0.29) is 0 Å². The van der Waals surface area contributed by atoms with E-state index in [1.807, 2.05) is 6.92 Å². The van der Waals surface area contributed by atoms with Crippen molar-refractivity contribution in [2.45, 2.75) is 13.5 Å². The Bertz CT molecular complexity index is 377. The summed E-state index contributed by atoms with van der Waals surface area (Å²) in [6.45, 7) is 2.18. The monoisotopic (exact) mass is 208 g/mol. The van der Waals surface area contributed by atoms with Gasteiger partial charge in [-0.15, -0.1) is 0 Å². The average molecular weight is 208 g/mol. The molecule has 1 heterocycles. The molecule has 1 aromatic heterocycles. The number of carbonyl (C=O) groups excluding carboxylic acids is 2. The fourth-order valence-corrected chi connectivity index (χ4v) is 1.04. The van der Waals surface area contributed by atoms with Crippen molar-refractivity contribution in [1.29, 1.82) is 0 Å². The third-order valence-electron chi connectivity index (χ3n) is 1.95. The minimum atomic E-state index is -0.887. The second kappa shape index (κ2) is 5.09. The maximum absolute atomic E-state index is 11.1. The molecule has 80 valence electrons. The van der Waals surface area contributed by atoms with Gasteiger partial charge in [0.2, 0.25) is 0 Å². The third-order valence-corrected chi connectivity index (χ3v) is 1.95. The Balaban J connectivity index is 2.54. The Kier molecular flexibility index (Phi) is 3.79. The van der Waals surface area contributed by atoms with E-state index in [1.165, 1.54) is 7.11 Å². The Morgan fingerprint density at radius 2 is 2.27 bits per heavy atom. The number of nitrogens with one attached hydrogen (secondary N) is 1. The molecule has 0 atom stereocenters. The molecule has 0 saturated heterocycles. The quantitative estimate of drug-likeness (QED) is 0.556. The molecular formula is C10H12N2O3. The van der Waals surface area contributed by atoms with Crippen LogP contribution in [-0.4, -0.2) is 24.0 Å². The highest BCUT2D eigenvalue weighted by molar-refractivity contribution is 6.32. The summed E-state index contributed by atoms with van der Waals surface area (Å²) in [6, 6.07) is 1.78. The third kappa shape index (κ3) is 3.05. The summed E-state index contributed by atoms with van der Waals surface area (Å²) >= 11 is 0. The van der Waals surface area contributed by atoms with Gasteiger partial charge in [-0.05, 0) is 24.1 Å². The minimum absolute atomic E-state index is 0.294. The van der Waals surface area contributed by atoms with E-state index in [4.69, 9.17) is 0 Å². The van der Waals surface area contributed by atoms with Crippen LogP contribution in [0.4, 0.5) is 0 Å². The molecule has 0 bridgehead atoms. The van der Waals surface area contributed by atoms with E-state index < -0.39 is 11.9 Å². The number of hydrogen-bond donors (Lipinski definition) is 1. The summed E-state index contributed by atoms with van der Waals surface area (Å²) in [7, 11) is 1.17. The number of carbonyl (C=O) groups is 2. The molecule has 1 rings (SSSR count). The SMILES string of the molecule is COC(=O)C(=O)NCc1ccncc1C. The number of methoxy groups -OCH3 is 1. The van der Waals surface area contributed by atoms with Crippen molar-refractivity contribution in [3.05, 3.63) is 29.6 Å². The van der Waals surface area contributed by atoms with Gasteiger partial charge in [-0.1, -0.05) is 0 Å². The smallest absolute Gasteiger partial charge is 0.396 e. The first-order chi connectivity index (χ1) is 7.15. The molecule has 1 amide bonds. The van der Waals surface area contributed by atoms with Crippen LogP contribution in [0.3, 0.4) is 0 Å². The molecule has 1 N–H and O–H groups in total. The van der Waals surface area contributed by atoms with Crippen LogP contribution < -0.4 is 5.32 Å². The van der Waals surface area contributed by atoms with Crippen molar-refractivity contribution < 1.29 is 14.3 Å². The number of pyridine rings is 1. The van der Waals surface area contributed by atoms with Crippen LogP contribution >= 0.6 is 0 Å². The molecule has 0 spiro atoms. The summed E-state index contributed by atoms with van der Waals surface area (Å²) in [5.74, 6) is -1.63. The number of rotatable bonds is 2. The normalized spacial score (nSPS) is 9.47. The van der Waals surface area contributed by atoms with Crippen LogP contribution in [-0.2, 0) is 20.9 Å². The lowest BCUT2D eigenvalue weighted by Crippen LogP contribution is -2.31. The summed E-state index contributed by atoms with van der Waals surface area (Å²) in [6.07, 6.45) is 3.33. The zero-order chi connectivity index (χ0) is 11.3. The fraction of sp³-hybridized carbons (Fsp3) is 0.300. The van der Waals surface area contributed by atoms with Gasteiger partial charge in [0, 0.05) is 18.9 Å². The second-order valence-corrected chi connectivity index (χ2v) is 2.98. The number of amides is 1. The second-order valence-electron chi connectivity index (χ2n) is 2.98. The predicted octanol–water partition coefficient (Wildman–Crippen LogP) is 0.179. The number of nitrogens with zero attached hydrogens (tertiary/aromatic N) is 1. The van der Waals surface area contributed by atoms with E-state index >= 15 is 0 Å². The van der Waals surface area contributed by atoms with Gasteiger partial charge in [-0.25, -0.2) is 4.79 Å². The van der Waals surface area contributed by atoms with E-state index in [2.05, 4.69) is 15.0 Å². The highest BCUT2D eigenvalue weighted by Crippen LogP contribution is 2.03. The molecule has 15 heavy (non-hydrogen) atoms. The standard InChI is InChI=1S/C10H12N2O3/c1-7-5-11-4-3-8(7)6-12-9(13)10(14)15-2/h3-5H,6H2,1-2H3,(H,12,13). The van der Waals surface area contributed by atoms with Crippen LogP contribution in [0.25, 0.3) is 0 Å². The van der Waals surface area contributed by atoms with Crippen molar-refractivity contribution in [1.82, 2.24) is 10.3 Å². The van der Waals surface area contributed by atoms with Crippen molar-refractivity contribution in [3.63, 3.8) is 0 Å². The van der Waals surface area contributed by atoms with Gasteiger partial charge in [0.15, 0.2) is 0 Å². The first-order valence-electron chi connectivity index (χ1n) is 4.40. The number of esters is 1. The van der Waals surface area contributed by atoms with E-state index in [0.29, 0.717) is 6.54 Å². The highest BCUT2D eigenvalue weighted by atomic mass is 16.5. The van der Waals surface area contributed by atoms with Crippen LogP contribution in [0.15, 0.2) is 18.5 Å². The fourth-order valence-electron chi connectivity index (χ4n) is 1.04. The molecule has 0 aliphatic rings. The van der Waals surface area contributed by atoms with Gasteiger partial charge in [-0.2, -0.15) is 0 Å². The van der Waals surface area contributed by atoms with E-state index in [9.17, 15) is 9.59 Å². The Morgan fingerprint density at radius 1 is 1.53 bits per heavy atom. The highest BCUT2D eigenvalue weighted by Gasteiger charge is 2.12. The molecule has 5 nitrogen and oxygen atoms in total. The average Bonchev–Trinajstić information content (AvgIpc) is 2.26. The Labute approximate surface area is 87.5 Å². The summed E-state index contributed by atoms with van der Waals surface area (Å²) in [5, 5.41) is 2.45. The topological polar surface area (TPSA) is 68.3 Å². The molecule has 0 saturated carbocycles.